The maximum Gasteiger partial charge on any atom is 0.251 e. The first-order valence-corrected chi connectivity index (χ1v) is 11.7. The largest absolute Gasteiger partial charge is 0.349 e. The van der Waals surface area contributed by atoms with Gasteiger partial charge in [0.2, 0.25) is 0 Å². The normalized spacial score (nSPS) is 14.6. The molecule has 1 saturated carbocycles. The molecule has 5 rings (SSSR count). The van der Waals surface area contributed by atoms with Gasteiger partial charge in [-0.25, -0.2) is 9.67 Å². The first kappa shape index (κ1) is 19.7. The molecular weight excluding hydrogens is 410 g/mol. The fourth-order valence-electron chi connectivity index (χ4n) is 3.58. The zero-order chi connectivity index (χ0) is 21.5. The molecule has 1 aromatic carbocycles. The highest BCUT2D eigenvalue weighted by atomic mass is 32.2. The van der Waals surface area contributed by atoms with Gasteiger partial charge in [-0.15, -0.1) is 0 Å². The smallest absolute Gasteiger partial charge is 0.251 e. The van der Waals surface area contributed by atoms with Gasteiger partial charge in [0.1, 0.15) is 5.65 Å². The number of pyridine rings is 1. The average molecular weight is 434 g/mol. The summed E-state index contributed by atoms with van der Waals surface area (Å²) in [5.41, 5.74) is 4.37. The summed E-state index contributed by atoms with van der Waals surface area (Å²) in [4.78, 5) is 17.7. The van der Waals surface area contributed by atoms with Crippen LogP contribution >= 0.6 is 0 Å². The van der Waals surface area contributed by atoms with E-state index in [4.69, 9.17) is 0 Å². The van der Waals surface area contributed by atoms with Gasteiger partial charge in [-0.3, -0.25) is 13.4 Å². The second kappa shape index (κ2) is 7.77. The number of aromatic nitrogens is 4. The Morgan fingerprint density at radius 1 is 1.19 bits per heavy atom. The average Bonchev–Trinajstić information content (AvgIpc) is 3.30. The molecule has 31 heavy (non-hydrogen) atoms. The van der Waals surface area contributed by atoms with Crippen molar-refractivity contribution < 1.29 is 9.00 Å². The summed E-state index contributed by atoms with van der Waals surface area (Å²) in [7, 11) is -1.05. The molecule has 1 aliphatic rings. The molecule has 1 amide bonds. The van der Waals surface area contributed by atoms with E-state index in [1.807, 2.05) is 61.0 Å². The van der Waals surface area contributed by atoms with Gasteiger partial charge in [-0.2, -0.15) is 5.10 Å². The minimum Gasteiger partial charge on any atom is -0.349 e. The molecule has 3 aromatic heterocycles. The molecule has 1 N–H and O–H groups in total. The standard InChI is InChI=1S/C23H23N5O2S/c1-3-31(30)19-8-9-21-24-12-22(27(21)14-19)28-13-17(11-25-28)20-10-16(5-4-15(20)2)23(29)26-18-6-7-18/h4-5,8-14,18H,3,6-7H2,1-2H3,(H,26,29). The quantitative estimate of drug-likeness (QED) is 0.505. The van der Waals surface area contributed by atoms with E-state index in [0.717, 1.165) is 45.9 Å². The van der Waals surface area contributed by atoms with E-state index in [1.54, 1.807) is 17.1 Å². The number of amides is 1. The fraction of sp³-hybridized carbons (Fsp3) is 0.261. The summed E-state index contributed by atoms with van der Waals surface area (Å²) >= 11 is 0. The van der Waals surface area contributed by atoms with Gasteiger partial charge in [-0.1, -0.05) is 13.0 Å². The Kier molecular flexibility index (Phi) is 4.94. The number of fused-ring (bicyclic) bond motifs is 1. The van der Waals surface area contributed by atoms with E-state index in [2.05, 4.69) is 15.4 Å². The molecule has 1 aliphatic carbocycles. The summed E-state index contributed by atoms with van der Waals surface area (Å²) in [6, 6.07) is 9.79. The summed E-state index contributed by atoms with van der Waals surface area (Å²) in [5, 5.41) is 7.57. The van der Waals surface area contributed by atoms with Crippen molar-refractivity contribution in [2.75, 3.05) is 5.75 Å². The monoisotopic (exact) mass is 433 g/mol. The maximum atomic E-state index is 12.5. The SMILES string of the molecule is CCS(=O)c1ccc2ncc(-n3cc(-c4cc(C(=O)NC5CC5)ccc4C)cn3)n2c1. The number of carbonyl (C=O) groups is 1. The van der Waals surface area contributed by atoms with Crippen molar-refractivity contribution in [1.29, 1.82) is 0 Å². The predicted octanol–water partition coefficient (Wildman–Crippen LogP) is 3.52. The first-order valence-electron chi connectivity index (χ1n) is 10.4. The fourth-order valence-corrected chi connectivity index (χ4v) is 4.35. The van der Waals surface area contributed by atoms with E-state index in [0.29, 0.717) is 17.4 Å². The van der Waals surface area contributed by atoms with Gasteiger partial charge >= 0.3 is 0 Å². The number of carbonyl (C=O) groups excluding carboxylic acids is 1. The molecule has 3 heterocycles. The number of nitrogens with one attached hydrogen (secondary N) is 1. The van der Waals surface area contributed by atoms with Gasteiger partial charge < -0.3 is 5.32 Å². The van der Waals surface area contributed by atoms with Crippen LogP contribution in [0.25, 0.3) is 22.6 Å². The minimum atomic E-state index is -1.05. The van der Waals surface area contributed by atoms with Crippen molar-refractivity contribution >= 4 is 22.4 Å². The molecule has 0 saturated heterocycles. The number of rotatable bonds is 6. The molecule has 7 nitrogen and oxygen atoms in total. The second-order valence-electron chi connectivity index (χ2n) is 7.79. The lowest BCUT2D eigenvalue weighted by atomic mass is 10.0. The Balaban J connectivity index is 1.50. The lowest BCUT2D eigenvalue weighted by molar-refractivity contribution is 0.0951. The van der Waals surface area contributed by atoms with Gasteiger partial charge in [0.05, 0.1) is 28.1 Å². The molecule has 4 aromatic rings. The third-order valence-electron chi connectivity index (χ3n) is 5.52. The number of hydrogen-bond acceptors (Lipinski definition) is 4. The molecular formula is C23H23N5O2S. The summed E-state index contributed by atoms with van der Waals surface area (Å²) < 4.78 is 15.9. The Bertz CT molecular complexity index is 1320. The molecule has 0 radical (unpaired) electrons. The van der Waals surface area contributed by atoms with Crippen molar-refractivity contribution in [3.8, 4) is 16.9 Å². The lowest BCUT2D eigenvalue weighted by Crippen LogP contribution is -2.25. The zero-order valence-corrected chi connectivity index (χ0v) is 18.2. The topological polar surface area (TPSA) is 81.3 Å². The molecule has 158 valence electrons. The molecule has 0 spiro atoms. The maximum absolute atomic E-state index is 12.5. The Morgan fingerprint density at radius 3 is 2.81 bits per heavy atom. The van der Waals surface area contributed by atoms with E-state index >= 15 is 0 Å². The predicted molar refractivity (Wildman–Crippen MR) is 120 cm³/mol. The molecule has 1 unspecified atom stereocenters. The van der Waals surface area contributed by atoms with E-state index in [-0.39, 0.29) is 5.91 Å². The van der Waals surface area contributed by atoms with Crippen molar-refractivity contribution in [1.82, 2.24) is 24.5 Å². The number of hydrogen-bond donors (Lipinski definition) is 1. The number of nitrogens with zero attached hydrogens (tertiary/aromatic N) is 4. The number of benzene rings is 1. The van der Waals surface area contributed by atoms with Crippen LogP contribution in [0.4, 0.5) is 0 Å². The van der Waals surface area contributed by atoms with Crippen LogP contribution in [0.15, 0.2) is 60.0 Å². The van der Waals surface area contributed by atoms with Crippen molar-refractivity contribution in [2.45, 2.75) is 37.6 Å². The van der Waals surface area contributed by atoms with Gasteiger partial charge in [0, 0.05) is 35.3 Å². The third-order valence-corrected chi connectivity index (χ3v) is 6.82. The van der Waals surface area contributed by atoms with Crippen LogP contribution < -0.4 is 5.32 Å². The number of aryl methyl sites for hydroxylation is 1. The molecule has 0 aliphatic heterocycles. The Morgan fingerprint density at radius 2 is 2.03 bits per heavy atom. The second-order valence-corrected chi connectivity index (χ2v) is 9.53. The van der Waals surface area contributed by atoms with Crippen LogP contribution in [0.3, 0.4) is 0 Å². The van der Waals surface area contributed by atoms with Crippen molar-refractivity contribution in [3.05, 3.63) is 66.2 Å². The van der Waals surface area contributed by atoms with Crippen LogP contribution in [0.1, 0.15) is 35.7 Å². The minimum absolute atomic E-state index is 0.0330. The molecule has 8 heteroatoms. The highest BCUT2D eigenvalue weighted by Crippen LogP contribution is 2.26. The first-order chi connectivity index (χ1) is 15.0. The van der Waals surface area contributed by atoms with E-state index in [9.17, 15) is 9.00 Å². The van der Waals surface area contributed by atoms with Crippen LogP contribution in [0.5, 0.6) is 0 Å². The van der Waals surface area contributed by atoms with Crippen LogP contribution in [-0.2, 0) is 10.8 Å². The third kappa shape index (κ3) is 3.79. The number of imidazole rings is 1. The lowest BCUT2D eigenvalue weighted by Gasteiger charge is -2.08. The summed E-state index contributed by atoms with van der Waals surface area (Å²) in [6.45, 7) is 3.92. The highest BCUT2D eigenvalue weighted by molar-refractivity contribution is 7.85. The van der Waals surface area contributed by atoms with Crippen LogP contribution in [0, 0.1) is 6.92 Å². The van der Waals surface area contributed by atoms with Crippen molar-refractivity contribution in [2.24, 2.45) is 0 Å². The highest BCUT2D eigenvalue weighted by Gasteiger charge is 2.24. The Labute approximate surface area is 182 Å². The zero-order valence-electron chi connectivity index (χ0n) is 17.4. The van der Waals surface area contributed by atoms with E-state index < -0.39 is 10.8 Å². The summed E-state index contributed by atoms with van der Waals surface area (Å²) in [5.74, 6) is 1.29. The van der Waals surface area contributed by atoms with Crippen LogP contribution in [-0.4, -0.2) is 41.1 Å². The van der Waals surface area contributed by atoms with Crippen molar-refractivity contribution in [3.63, 3.8) is 0 Å². The Hall–Kier alpha value is -3.26. The van der Waals surface area contributed by atoms with Gasteiger partial charge in [-0.05, 0) is 55.2 Å². The van der Waals surface area contributed by atoms with Gasteiger partial charge in [0.25, 0.3) is 5.91 Å². The molecule has 1 atom stereocenters. The van der Waals surface area contributed by atoms with Gasteiger partial charge in [0.15, 0.2) is 5.82 Å². The summed E-state index contributed by atoms with van der Waals surface area (Å²) in [6.07, 6.45) is 9.44. The molecule has 1 fully saturated rings. The van der Waals surface area contributed by atoms with Crippen LogP contribution in [0.2, 0.25) is 0 Å². The van der Waals surface area contributed by atoms with E-state index in [1.165, 1.54) is 0 Å². The molecule has 0 bridgehead atoms.